The molecular formula is C13H19N5O2. The van der Waals surface area contributed by atoms with Gasteiger partial charge in [0.1, 0.15) is 6.04 Å². The lowest BCUT2D eigenvalue weighted by Gasteiger charge is -2.13. The summed E-state index contributed by atoms with van der Waals surface area (Å²) in [7, 11) is 0. The summed E-state index contributed by atoms with van der Waals surface area (Å²) in [4.78, 5) is 23.9. The Kier molecular flexibility index (Phi) is 3.11. The lowest BCUT2D eigenvalue weighted by molar-refractivity contribution is -0.122. The molecule has 0 bridgehead atoms. The first-order valence-corrected chi connectivity index (χ1v) is 7.01. The van der Waals surface area contributed by atoms with Crippen molar-refractivity contribution < 1.29 is 9.59 Å². The standard InChI is InChI=1S/C13H19N5O2/c1-6(12(19)16-8-4-5-8)15-13(20)11-9(14)10(17-18-11)7-2-3-7/h6-8H,2-5,14H2,1H3,(H,15,20)(H,16,19)(H,17,18). The zero-order valence-corrected chi connectivity index (χ0v) is 11.4. The fourth-order valence-corrected chi connectivity index (χ4v) is 2.10. The monoisotopic (exact) mass is 277 g/mol. The Balaban J connectivity index is 1.61. The molecule has 1 unspecified atom stereocenters. The first-order chi connectivity index (χ1) is 9.56. The summed E-state index contributed by atoms with van der Waals surface area (Å²) in [6, 6.07) is -0.317. The number of aromatic amines is 1. The van der Waals surface area contributed by atoms with E-state index < -0.39 is 11.9 Å². The summed E-state index contributed by atoms with van der Waals surface area (Å²) < 4.78 is 0. The second-order valence-electron chi connectivity index (χ2n) is 5.65. The molecule has 2 fully saturated rings. The van der Waals surface area contributed by atoms with Crippen LogP contribution in [0.15, 0.2) is 0 Å². The number of nitrogens with two attached hydrogens (primary N) is 1. The fourth-order valence-electron chi connectivity index (χ4n) is 2.10. The van der Waals surface area contributed by atoms with E-state index in [1.165, 1.54) is 0 Å². The van der Waals surface area contributed by atoms with Crippen LogP contribution in [0, 0.1) is 0 Å². The van der Waals surface area contributed by atoms with Crippen molar-refractivity contribution >= 4 is 17.5 Å². The highest BCUT2D eigenvalue weighted by molar-refractivity contribution is 6.00. The van der Waals surface area contributed by atoms with Crippen LogP contribution in [0.3, 0.4) is 0 Å². The highest BCUT2D eigenvalue weighted by Crippen LogP contribution is 2.42. The molecule has 0 radical (unpaired) electrons. The maximum absolute atomic E-state index is 12.1. The van der Waals surface area contributed by atoms with Crippen LogP contribution in [0.5, 0.6) is 0 Å². The van der Waals surface area contributed by atoms with Gasteiger partial charge in [0, 0.05) is 12.0 Å². The van der Waals surface area contributed by atoms with Crippen LogP contribution in [0.4, 0.5) is 5.69 Å². The van der Waals surface area contributed by atoms with Gasteiger partial charge in [0.2, 0.25) is 5.91 Å². The van der Waals surface area contributed by atoms with Gasteiger partial charge in [-0.05, 0) is 32.6 Å². The first kappa shape index (κ1) is 13.0. The number of rotatable bonds is 5. The van der Waals surface area contributed by atoms with Gasteiger partial charge in [-0.3, -0.25) is 14.7 Å². The van der Waals surface area contributed by atoms with E-state index >= 15 is 0 Å². The zero-order chi connectivity index (χ0) is 14.3. The first-order valence-electron chi connectivity index (χ1n) is 7.01. The number of anilines is 1. The van der Waals surface area contributed by atoms with Crippen molar-refractivity contribution in [3.8, 4) is 0 Å². The third-order valence-corrected chi connectivity index (χ3v) is 3.70. The molecule has 0 spiro atoms. The van der Waals surface area contributed by atoms with E-state index in [0.717, 1.165) is 31.4 Å². The molecule has 108 valence electrons. The van der Waals surface area contributed by atoms with Gasteiger partial charge >= 0.3 is 0 Å². The molecule has 1 aromatic heterocycles. The lowest BCUT2D eigenvalue weighted by Crippen LogP contribution is -2.45. The summed E-state index contributed by atoms with van der Waals surface area (Å²) in [5, 5.41) is 12.3. The number of aromatic nitrogens is 2. The van der Waals surface area contributed by atoms with Gasteiger partial charge in [-0.15, -0.1) is 0 Å². The van der Waals surface area contributed by atoms with E-state index in [1.54, 1.807) is 6.92 Å². The summed E-state index contributed by atoms with van der Waals surface area (Å²) in [6.07, 6.45) is 4.19. The number of carbonyl (C=O) groups is 2. The molecule has 7 heteroatoms. The summed E-state index contributed by atoms with van der Waals surface area (Å²) >= 11 is 0. The van der Waals surface area contributed by atoms with Crippen molar-refractivity contribution in [2.45, 2.75) is 50.6 Å². The van der Waals surface area contributed by atoms with Gasteiger partial charge in [0.05, 0.1) is 11.4 Å². The quantitative estimate of drug-likeness (QED) is 0.618. The molecule has 0 aliphatic heterocycles. The van der Waals surface area contributed by atoms with Gasteiger partial charge < -0.3 is 16.4 Å². The van der Waals surface area contributed by atoms with Crippen molar-refractivity contribution in [2.24, 2.45) is 0 Å². The normalized spacial score (nSPS) is 19.4. The summed E-state index contributed by atoms with van der Waals surface area (Å²) in [5.74, 6) is -0.180. The van der Waals surface area contributed by atoms with Crippen molar-refractivity contribution in [2.75, 3.05) is 5.73 Å². The number of carbonyl (C=O) groups excluding carboxylic acids is 2. The molecule has 20 heavy (non-hydrogen) atoms. The van der Waals surface area contributed by atoms with E-state index in [-0.39, 0.29) is 17.6 Å². The molecule has 0 saturated heterocycles. The molecule has 2 saturated carbocycles. The Bertz CT molecular complexity index is 545. The molecule has 1 atom stereocenters. The second-order valence-corrected chi connectivity index (χ2v) is 5.65. The number of hydrogen-bond donors (Lipinski definition) is 4. The summed E-state index contributed by atoms with van der Waals surface area (Å²) in [6.45, 7) is 1.65. The SMILES string of the molecule is CC(NC(=O)c1n[nH]c(C2CC2)c1N)C(=O)NC1CC1. The third-order valence-electron chi connectivity index (χ3n) is 3.70. The minimum Gasteiger partial charge on any atom is -0.395 e. The zero-order valence-electron chi connectivity index (χ0n) is 11.4. The van der Waals surface area contributed by atoms with E-state index in [0.29, 0.717) is 11.6 Å². The number of H-pyrrole nitrogens is 1. The molecule has 0 aromatic carbocycles. The molecule has 1 aromatic rings. The molecule has 3 rings (SSSR count). The van der Waals surface area contributed by atoms with Crippen LogP contribution in [-0.2, 0) is 4.79 Å². The van der Waals surface area contributed by atoms with Crippen LogP contribution >= 0.6 is 0 Å². The van der Waals surface area contributed by atoms with E-state index in [4.69, 9.17) is 5.73 Å². The maximum Gasteiger partial charge on any atom is 0.274 e. The minimum absolute atomic E-state index is 0.169. The van der Waals surface area contributed by atoms with E-state index in [1.807, 2.05) is 0 Å². The lowest BCUT2D eigenvalue weighted by atomic mass is 10.2. The molecule has 2 amide bonds. The molecule has 7 nitrogen and oxygen atoms in total. The van der Waals surface area contributed by atoms with Gasteiger partial charge in [0.25, 0.3) is 5.91 Å². The average Bonchev–Trinajstić information content (AvgIpc) is 3.30. The smallest absolute Gasteiger partial charge is 0.274 e. The van der Waals surface area contributed by atoms with Gasteiger partial charge in [0.15, 0.2) is 5.69 Å². The van der Waals surface area contributed by atoms with Crippen LogP contribution in [0.1, 0.15) is 54.7 Å². The van der Waals surface area contributed by atoms with Crippen LogP contribution in [0.25, 0.3) is 0 Å². The molecular weight excluding hydrogens is 258 g/mol. The number of hydrogen-bond acceptors (Lipinski definition) is 4. The molecule has 5 N–H and O–H groups in total. The minimum atomic E-state index is -0.594. The Morgan fingerprint density at radius 2 is 2.05 bits per heavy atom. The van der Waals surface area contributed by atoms with E-state index in [9.17, 15) is 9.59 Å². The number of nitrogens with zero attached hydrogens (tertiary/aromatic N) is 1. The maximum atomic E-state index is 12.1. The Hall–Kier alpha value is -2.05. The van der Waals surface area contributed by atoms with Crippen molar-refractivity contribution in [3.63, 3.8) is 0 Å². The average molecular weight is 277 g/mol. The number of nitrogen functional groups attached to an aromatic ring is 1. The largest absolute Gasteiger partial charge is 0.395 e. The van der Waals surface area contributed by atoms with Gasteiger partial charge in [-0.1, -0.05) is 0 Å². The van der Waals surface area contributed by atoms with Crippen LogP contribution < -0.4 is 16.4 Å². The third kappa shape index (κ3) is 2.61. The predicted molar refractivity (Wildman–Crippen MR) is 73.1 cm³/mol. The fraction of sp³-hybridized carbons (Fsp3) is 0.615. The highest BCUT2D eigenvalue weighted by Gasteiger charge is 2.31. The number of amides is 2. The molecule has 2 aliphatic rings. The van der Waals surface area contributed by atoms with Crippen LogP contribution in [0.2, 0.25) is 0 Å². The molecule has 2 aliphatic carbocycles. The van der Waals surface area contributed by atoms with E-state index in [2.05, 4.69) is 20.8 Å². The van der Waals surface area contributed by atoms with Gasteiger partial charge in [-0.25, -0.2) is 0 Å². The Morgan fingerprint density at radius 3 is 2.65 bits per heavy atom. The van der Waals surface area contributed by atoms with Crippen LogP contribution in [-0.4, -0.2) is 34.1 Å². The topological polar surface area (TPSA) is 113 Å². The number of nitrogens with one attached hydrogen (secondary N) is 3. The van der Waals surface area contributed by atoms with Gasteiger partial charge in [-0.2, -0.15) is 5.10 Å². The van der Waals surface area contributed by atoms with Crippen molar-refractivity contribution in [3.05, 3.63) is 11.4 Å². The molecule has 1 heterocycles. The van der Waals surface area contributed by atoms with Crippen molar-refractivity contribution in [1.29, 1.82) is 0 Å². The second kappa shape index (κ2) is 4.81. The highest BCUT2D eigenvalue weighted by atomic mass is 16.2. The summed E-state index contributed by atoms with van der Waals surface area (Å²) in [5.41, 5.74) is 7.35. The van der Waals surface area contributed by atoms with Crippen molar-refractivity contribution in [1.82, 2.24) is 20.8 Å². The predicted octanol–water partition coefficient (Wildman–Crippen LogP) is 0.266. The Labute approximate surface area is 116 Å². The Morgan fingerprint density at radius 1 is 1.35 bits per heavy atom.